The summed E-state index contributed by atoms with van der Waals surface area (Å²) in [6.07, 6.45) is 6.99. The number of fused-ring (bicyclic) bond motifs is 3. The number of imidazole rings is 1. The zero-order chi connectivity index (χ0) is 14.6. The van der Waals surface area contributed by atoms with Gasteiger partial charge in [-0.1, -0.05) is 6.42 Å². The van der Waals surface area contributed by atoms with Crippen LogP contribution in [0.4, 0.5) is 5.95 Å². The Hall–Kier alpha value is -1.85. The summed E-state index contributed by atoms with van der Waals surface area (Å²) in [7, 11) is 1.59. The maximum absolute atomic E-state index is 6.17. The summed E-state index contributed by atoms with van der Waals surface area (Å²) in [5.74, 6) is 3.45. The third kappa shape index (κ3) is 1.81. The molecule has 2 aromatic heterocycles. The van der Waals surface area contributed by atoms with Crippen LogP contribution in [0.3, 0.4) is 0 Å². The molecule has 4 unspecified atom stereocenters. The summed E-state index contributed by atoms with van der Waals surface area (Å²) in [6.45, 7) is 2.25. The highest BCUT2D eigenvalue weighted by atomic mass is 16.5. The average Bonchev–Trinajstić information content (AvgIpc) is 3.18. The van der Waals surface area contributed by atoms with Crippen LogP contribution in [-0.4, -0.2) is 26.6 Å². The van der Waals surface area contributed by atoms with Gasteiger partial charge in [0.2, 0.25) is 11.8 Å². The number of aromatic nitrogens is 4. The molecule has 4 atom stereocenters. The van der Waals surface area contributed by atoms with Crippen LogP contribution in [-0.2, 0) is 0 Å². The molecule has 0 radical (unpaired) electrons. The van der Waals surface area contributed by atoms with Gasteiger partial charge in [-0.25, -0.2) is 9.97 Å². The summed E-state index contributed by atoms with van der Waals surface area (Å²) < 4.78 is 7.34. The number of nitrogen functional groups attached to an aromatic ring is 1. The third-order valence-corrected chi connectivity index (χ3v) is 5.48. The van der Waals surface area contributed by atoms with E-state index in [-0.39, 0.29) is 0 Å². The Morgan fingerprint density at radius 1 is 1.33 bits per heavy atom. The van der Waals surface area contributed by atoms with E-state index in [2.05, 4.69) is 26.4 Å². The molecule has 21 heavy (non-hydrogen) atoms. The van der Waals surface area contributed by atoms with Gasteiger partial charge in [0.1, 0.15) is 6.33 Å². The predicted molar refractivity (Wildman–Crippen MR) is 79.9 cm³/mol. The van der Waals surface area contributed by atoms with E-state index in [0.717, 1.165) is 17.5 Å². The van der Waals surface area contributed by atoms with E-state index in [1.165, 1.54) is 32.0 Å². The Labute approximate surface area is 123 Å². The van der Waals surface area contributed by atoms with Gasteiger partial charge in [-0.05, 0) is 43.9 Å². The van der Waals surface area contributed by atoms with Crippen molar-refractivity contribution in [2.24, 2.45) is 17.8 Å². The van der Waals surface area contributed by atoms with E-state index < -0.39 is 0 Å². The second-order valence-corrected chi connectivity index (χ2v) is 6.47. The minimum atomic E-state index is 0.324. The molecule has 0 aliphatic heterocycles. The minimum Gasteiger partial charge on any atom is -0.479 e. The lowest BCUT2D eigenvalue weighted by Gasteiger charge is -2.29. The lowest BCUT2D eigenvalue weighted by Crippen LogP contribution is -2.23. The van der Waals surface area contributed by atoms with Crippen LogP contribution in [0.1, 0.15) is 38.6 Å². The first-order chi connectivity index (χ1) is 10.2. The molecule has 2 saturated carbocycles. The van der Waals surface area contributed by atoms with Crippen molar-refractivity contribution >= 4 is 17.1 Å². The van der Waals surface area contributed by atoms with Gasteiger partial charge in [0.25, 0.3) is 0 Å². The molecule has 2 heterocycles. The third-order valence-electron chi connectivity index (χ3n) is 5.48. The number of ether oxygens (including phenoxy) is 1. The Kier molecular flexibility index (Phi) is 2.80. The summed E-state index contributed by atoms with van der Waals surface area (Å²) in [5.41, 5.74) is 7.62. The Bertz CT molecular complexity index is 682. The van der Waals surface area contributed by atoms with Crippen molar-refractivity contribution in [3.05, 3.63) is 6.33 Å². The summed E-state index contributed by atoms with van der Waals surface area (Å²) in [6, 6.07) is 0.324. The Morgan fingerprint density at radius 3 is 2.86 bits per heavy atom. The number of anilines is 1. The maximum atomic E-state index is 6.17. The first kappa shape index (κ1) is 12.9. The first-order valence-electron chi connectivity index (χ1n) is 7.71. The van der Waals surface area contributed by atoms with Crippen LogP contribution in [0, 0.1) is 17.8 Å². The first-order valence-corrected chi connectivity index (χ1v) is 7.71. The van der Waals surface area contributed by atoms with Crippen LogP contribution in [0.25, 0.3) is 11.2 Å². The highest BCUT2D eigenvalue weighted by molar-refractivity contribution is 5.79. The summed E-state index contributed by atoms with van der Waals surface area (Å²) in [4.78, 5) is 12.9. The Balaban J connectivity index is 1.77. The van der Waals surface area contributed by atoms with Gasteiger partial charge in [-0.2, -0.15) is 4.98 Å². The van der Waals surface area contributed by atoms with Crippen molar-refractivity contribution in [1.29, 1.82) is 0 Å². The van der Waals surface area contributed by atoms with Crippen molar-refractivity contribution < 1.29 is 4.74 Å². The average molecular weight is 287 g/mol. The quantitative estimate of drug-likeness (QED) is 0.937. The normalized spacial score (nSPS) is 29.1. The number of hydrogen-bond acceptors (Lipinski definition) is 5. The largest absolute Gasteiger partial charge is 0.479 e. The zero-order valence-electron chi connectivity index (χ0n) is 12.5. The van der Waals surface area contributed by atoms with Crippen LogP contribution in [0.2, 0.25) is 0 Å². The van der Waals surface area contributed by atoms with Gasteiger partial charge in [-0.15, -0.1) is 0 Å². The molecular formula is C15H21N5O. The molecule has 2 aliphatic carbocycles. The van der Waals surface area contributed by atoms with Gasteiger partial charge in [0, 0.05) is 6.04 Å². The van der Waals surface area contributed by atoms with Gasteiger partial charge in [0.15, 0.2) is 11.2 Å². The second-order valence-electron chi connectivity index (χ2n) is 6.47. The van der Waals surface area contributed by atoms with Crippen LogP contribution >= 0.6 is 0 Å². The van der Waals surface area contributed by atoms with Crippen LogP contribution in [0.5, 0.6) is 5.88 Å². The number of methoxy groups -OCH3 is 1. The molecule has 2 bridgehead atoms. The molecule has 2 fully saturated rings. The lowest BCUT2D eigenvalue weighted by molar-refractivity contribution is 0.247. The molecule has 0 aromatic carbocycles. The van der Waals surface area contributed by atoms with Crippen molar-refractivity contribution in [1.82, 2.24) is 19.5 Å². The number of nitrogens with zero attached hydrogens (tertiary/aromatic N) is 4. The fourth-order valence-corrected chi connectivity index (χ4v) is 4.53. The van der Waals surface area contributed by atoms with Gasteiger partial charge >= 0.3 is 0 Å². The smallest absolute Gasteiger partial charge is 0.245 e. The van der Waals surface area contributed by atoms with Gasteiger partial charge < -0.3 is 10.5 Å². The molecule has 2 aliphatic rings. The molecule has 0 saturated heterocycles. The molecule has 2 aromatic rings. The molecular weight excluding hydrogens is 266 g/mol. The van der Waals surface area contributed by atoms with Gasteiger partial charge in [0.05, 0.1) is 7.11 Å². The number of rotatable bonds is 3. The monoisotopic (exact) mass is 287 g/mol. The highest BCUT2D eigenvalue weighted by Gasteiger charge is 2.43. The summed E-state index contributed by atoms with van der Waals surface area (Å²) in [5, 5.41) is 0. The lowest BCUT2D eigenvalue weighted by atomic mass is 9.84. The molecule has 0 spiro atoms. The van der Waals surface area contributed by atoms with Crippen molar-refractivity contribution in [2.45, 2.75) is 38.6 Å². The molecule has 0 amide bonds. The van der Waals surface area contributed by atoms with E-state index >= 15 is 0 Å². The number of hydrogen-bond donors (Lipinski definition) is 1. The molecule has 2 N–H and O–H groups in total. The zero-order valence-corrected chi connectivity index (χ0v) is 12.5. The molecule has 6 nitrogen and oxygen atoms in total. The molecule has 6 heteroatoms. The predicted octanol–water partition coefficient (Wildman–Crippen LogP) is 2.41. The van der Waals surface area contributed by atoms with Crippen molar-refractivity contribution in [3.63, 3.8) is 0 Å². The SMILES string of the molecule is COc1ncnc2c1nc(N)n2C(C)C1CC2CCC1C2. The highest BCUT2D eigenvalue weighted by Crippen LogP contribution is 2.52. The standard InChI is InChI=1S/C15H21N5O/c1-8(11-6-9-3-4-10(11)5-9)20-13-12(19-15(20)16)14(21-2)18-7-17-13/h7-11H,3-6H2,1-2H3,(H2,16,19). The Morgan fingerprint density at radius 2 is 2.19 bits per heavy atom. The summed E-state index contributed by atoms with van der Waals surface area (Å²) >= 11 is 0. The molecule has 112 valence electrons. The van der Waals surface area contributed by atoms with Crippen molar-refractivity contribution in [2.75, 3.05) is 12.8 Å². The van der Waals surface area contributed by atoms with Crippen LogP contribution < -0.4 is 10.5 Å². The van der Waals surface area contributed by atoms with Crippen molar-refractivity contribution in [3.8, 4) is 5.88 Å². The van der Waals surface area contributed by atoms with E-state index in [9.17, 15) is 0 Å². The van der Waals surface area contributed by atoms with E-state index in [4.69, 9.17) is 10.5 Å². The fraction of sp³-hybridized carbons (Fsp3) is 0.667. The minimum absolute atomic E-state index is 0.324. The maximum Gasteiger partial charge on any atom is 0.245 e. The van der Waals surface area contributed by atoms with E-state index in [1.807, 2.05) is 0 Å². The fourth-order valence-electron chi connectivity index (χ4n) is 4.53. The second kappa shape index (κ2) is 4.58. The van der Waals surface area contributed by atoms with Gasteiger partial charge in [-0.3, -0.25) is 4.57 Å². The molecule has 4 rings (SSSR count). The topological polar surface area (TPSA) is 78.8 Å². The number of nitrogens with two attached hydrogens (primary N) is 1. The van der Waals surface area contributed by atoms with E-state index in [0.29, 0.717) is 29.3 Å². The van der Waals surface area contributed by atoms with E-state index in [1.54, 1.807) is 7.11 Å². The van der Waals surface area contributed by atoms with Crippen LogP contribution in [0.15, 0.2) is 6.33 Å².